The van der Waals surface area contributed by atoms with Crippen LogP contribution in [-0.4, -0.2) is 34.2 Å². The SMILES string of the molecule is Cn1c(N2CCC[C@H](C(=O)NC3CCCCC3)C2)cc(=O)n(C)c1=O. The molecule has 25 heavy (non-hydrogen) atoms. The number of amides is 1. The van der Waals surface area contributed by atoms with Gasteiger partial charge in [-0.3, -0.25) is 18.7 Å². The predicted octanol–water partition coefficient (Wildman–Crippen LogP) is 0.749. The summed E-state index contributed by atoms with van der Waals surface area (Å²) in [6.07, 6.45) is 7.53. The Morgan fingerprint density at radius 3 is 2.48 bits per heavy atom. The zero-order valence-corrected chi connectivity index (χ0v) is 15.2. The van der Waals surface area contributed by atoms with Gasteiger partial charge in [-0.25, -0.2) is 4.79 Å². The van der Waals surface area contributed by atoms with Crippen LogP contribution in [0.2, 0.25) is 0 Å². The van der Waals surface area contributed by atoms with E-state index in [4.69, 9.17) is 0 Å². The van der Waals surface area contributed by atoms with Crippen LogP contribution in [0.15, 0.2) is 15.7 Å². The predicted molar refractivity (Wildman–Crippen MR) is 96.9 cm³/mol. The fourth-order valence-electron chi connectivity index (χ4n) is 3.99. The van der Waals surface area contributed by atoms with E-state index >= 15 is 0 Å². The molecule has 2 aliphatic rings. The second-order valence-corrected chi connectivity index (χ2v) is 7.37. The Morgan fingerprint density at radius 1 is 1.04 bits per heavy atom. The Balaban J connectivity index is 1.72. The van der Waals surface area contributed by atoms with Gasteiger partial charge in [-0.2, -0.15) is 0 Å². The summed E-state index contributed by atoms with van der Waals surface area (Å²) < 4.78 is 2.59. The monoisotopic (exact) mass is 348 g/mol. The summed E-state index contributed by atoms with van der Waals surface area (Å²) in [6.45, 7) is 1.31. The smallest absolute Gasteiger partial charge is 0.332 e. The molecular formula is C18H28N4O3. The first-order valence-electron chi connectivity index (χ1n) is 9.29. The van der Waals surface area contributed by atoms with E-state index in [1.54, 1.807) is 7.05 Å². The molecular weight excluding hydrogens is 320 g/mol. The molecule has 1 amide bonds. The molecule has 7 nitrogen and oxygen atoms in total. The molecule has 1 saturated carbocycles. The highest BCUT2D eigenvalue weighted by atomic mass is 16.2. The number of hydrogen-bond acceptors (Lipinski definition) is 4. The van der Waals surface area contributed by atoms with Gasteiger partial charge in [0.2, 0.25) is 5.91 Å². The maximum absolute atomic E-state index is 12.6. The number of hydrogen-bond donors (Lipinski definition) is 1. The van der Waals surface area contributed by atoms with Crippen molar-refractivity contribution in [3.05, 3.63) is 26.9 Å². The van der Waals surface area contributed by atoms with E-state index in [0.29, 0.717) is 18.4 Å². The standard InChI is InChI=1S/C18H28N4O3/c1-20-15(11-16(23)21(2)18(20)25)22-10-6-7-13(12-22)17(24)19-14-8-4-3-5-9-14/h11,13-14H,3-10,12H2,1-2H3,(H,19,24)/t13-/m0/s1. The van der Waals surface area contributed by atoms with E-state index in [1.165, 1.54) is 36.9 Å². The lowest BCUT2D eigenvalue weighted by Gasteiger charge is -2.35. The number of anilines is 1. The molecule has 0 radical (unpaired) electrons. The lowest BCUT2D eigenvalue weighted by molar-refractivity contribution is -0.126. The fraction of sp³-hybridized carbons (Fsp3) is 0.722. The number of carbonyl (C=O) groups is 1. The topological polar surface area (TPSA) is 76.3 Å². The highest BCUT2D eigenvalue weighted by Crippen LogP contribution is 2.23. The van der Waals surface area contributed by atoms with Crippen molar-refractivity contribution in [3.63, 3.8) is 0 Å². The van der Waals surface area contributed by atoms with Crippen LogP contribution in [0.25, 0.3) is 0 Å². The molecule has 138 valence electrons. The minimum absolute atomic E-state index is 0.0881. The molecule has 1 aromatic heterocycles. The van der Waals surface area contributed by atoms with E-state index in [2.05, 4.69) is 5.32 Å². The second-order valence-electron chi connectivity index (χ2n) is 7.37. The van der Waals surface area contributed by atoms with Gasteiger partial charge in [0.15, 0.2) is 0 Å². The number of aromatic nitrogens is 2. The molecule has 3 rings (SSSR count). The lowest BCUT2D eigenvalue weighted by atomic mass is 9.93. The summed E-state index contributed by atoms with van der Waals surface area (Å²) in [6, 6.07) is 1.80. The zero-order valence-electron chi connectivity index (χ0n) is 15.2. The van der Waals surface area contributed by atoms with E-state index < -0.39 is 0 Å². The van der Waals surface area contributed by atoms with E-state index in [-0.39, 0.29) is 23.1 Å². The largest absolute Gasteiger partial charge is 0.357 e. The van der Waals surface area contributed by atoms with Crippen LogP contribution in [0.5, 0.6) is 0 Å². The van der Waals surface area contributed by atoms with Crippen molar-refractivity contribution in [1.82, 2.24) is 14.5 Å². The van der Waals surface area contributed by atoms with Crippen LogP contribution in [0.4, 0.5) is 5.82 Å². The quantitative estimate of drug-likeness (QED) is 0.874. The molecule has 0 unspecified atom stereocenters. The van der Waals surface area contributed by atoms with Crippen LogP contribution in [0.3, 0.4) is 0 Å². The van der Waals surface area contributed by atoms with Crippen molar-refractivity contribution in [2.45, 2.75) is 51.0 Å². The van der Waals surface area contributed by atoms with Gasteiger partial charge >= 0.3 is 5.69 Å². The Hall–Kier alpha value is -2.05. The zero-order chi connectivity index (χ0) is 18.0. The van der Waals surface area contributed by atoms with Crippen LogP contribution in [0, 0.1) is 5.92 Å². The molecule has 0 aromatic carbocycles. The summed E-state index contributed by atoms with van der Waals surface area (Å²) in [5, 5.41) is 3.21. The van der Waals surface area contributed by atoms with Gasteiger partial charge < -0.3 is 10.2 Å². The summed E-state index contributed by atoms with van der Waals surface area (Å²) in [7, 11) is 3.15. The molecule has 0 spiro atoms. The number of piperidine rings is 1. The van der Waals surface area contributed by atoms with Crippen molar-refractivity contribution >= 4 is 11.7 Å². The van der Waals surface area contributed by atoms with Crippen LogP contribution < -0.4 is 21.5 Å². The van der Waals surface area contributed by atoms with Crippen molar-refractivity contribution in [2.75, 3.05) is 18.0 Å². The first kappa shape index (κ1) is 17.8. The maximum atomic E-state index is 12.6. The van der Waals surface area contributed by atoms with Gasteiger partial charge in [-0.05, 0) is 25.7 Å². The molecule has 2 heterocycles. The Kier molecular flexibility index (Phi) is 5.30. The molecule has 1 aliphatic heterocycles. The number of nitrogens with zero attached hydrogens (tertiary/aromatic N) is 3. The lowest BCUT2D eigenvalue weighted by Crippen LogP contribution is -2.48. The molecule has 7 heteroatoms. The second kappa shape index (κ2) is 7.45. The summed E-state index contributed by atoms with van der Waals surface area (Å²) in [5.74, 6) is 0.628. The molecule has 1 aromatic rings. The molecule has 1 N–H and O–H groups in total. The summed E-state index contributed by atoms with van der Waals surface area (Å²) in [5.41, 5.74) is -0.650. The minimum Gasteiger partial charge on any atom is -0.357 e. The van der Waals surface area contributed by atoms with Crippen LogP contribution in [-0.2, 0) is 18.9 Å². The Labute approximate surface area is 147 Å². The number of rotatable bonds is 3. The molecule has 0 bridgehead atoms. The third-order valence-electron chi connectivity index (χ3n) is 5.57. The summed E-state index contributed by atoms with van der Waals surface area (Å²) >= 11 is 0. The number of nitrogens with one attached hydrogen (secondary N) is 1. The average Bonchev–Trinajstić information content (AvgIpc) is 2.64. The Morgan fingerprint density at radius 2 is 1.76 bits per heavy atom. The van der Waals surface area contributed by atoms with Crippen molar-refractivity contribution in [3.8, 4) is 0 Å². The first-order chi connectivity index (χ1) is 12.0. The molecule has 2 fully saturated rings. The third-order valence-corrected chi connectivity index (χ3v) is 5.57. The first-order valence-corrected chi connectivity index (χ1v) is 9.29. The third kappa shape index (κ3) is 3.80. The fourth-order valence-corrected chi connectivity index (χ4v) is 3.99. The van der Waals surface area contributed by atoms with E-state index in [1.807, 2.05) is 4.90 Å². The van der Waals surface area contributed by atoms with Crippen molar-refractivity contribution in [1.29, 1.82) is 0 Å². The summed E-state index contributed by atoms with van der Waals surface area (Å²) in [4.78, 5) is 38.8. The Bertz CT molecular complexity index is 746. The van der Waals surface area contributed by atoms with Crippen LogP contribution in [0.1, 0.15) is 44.9 Å². The van der Waals surface area contributed by atoms with Gasteiger partial charge in [0, 0.05) is 39.3 Å². The van der Waals surface area contributed by atoms with Crippen molar-refractivity contribution < 1.29 is 4.79 Å². The number of carbonyl (C=O) groups excluding carboxylic acids is 1. The minimum atomic E-state index is -0.337. The van der Waals surface area contributed by atoms with E-state index in [0.717, 1.165) is 36.8 Å². The normalized spacial score (nSPS) is 22.0. The van der Waals surface area contributed by atoms with Crippen LogP contribution >= 0.6 is 0 Å². The average molecular weight is 348 g/mol. The van der Waals surface area contributed by atoms with Gasteiger partial charge in [-0.15, -0.1) is 0 Å². The molecule has 1 atom stereocenters. The van der Waals surface area contributed by atoms with Gasteiger partial charge in [0.05, 0.1) is 5.92 Å². The van der Waals surface area contributed by atoms with E-state index in [9.17, 15) is 14.4 Å². The van der Waals surface area contributed by atoms with Gasteiger partial charge in [-0.1, -0.05) is 19.3 Å². The maximum Gasteiger partial charge on any atom is 0.332 e. The molecule has 1 aliphatic carbocycles. The van der Waals surface area contributed by atoms with Gasteiger partial charge in [0.25, 0.3) is 5.56 Å². The molecule has 1 saturated heterocycles. The van der Waals surface area contributed by atoms with Gasteiger partial charge in [0.1, 0.15) is 5.82 Å². The van der Waals surface area contributed by atoms with Crippen molar-refractivity contribution in [2.24, 2.45) is 20.0 Å². The highest BCUT2D eigenvalue weighted by Gasteiger charge is 2.29. The highest BCUT2D eigenvalue weighted by molar-refractivity contribution is 5.79.